The van der Waals surface area contributed by atoms with E-state index in [1.165, 1.54) is 0 Å². The van der Waals surface area contributed by atoms with Gasteiger partial charge in [-0.25, -0.2) is 4.79 Å². The van der Waals surface area contributed by atoms with Gasteiger partial charge in [0.25, 0.3) is 0 Å². The summed E-state index contributed by atoms with van der Waals surface area (Å²) < 4.78 is 5.19. The zero-order valence-electron chi connectivity index (χ0n) is 12.1. The minimum atomic E-state index is -0.141. The molecule has 0 aliphatic carbocycles. The van der Waals surface area contributed by atoms with Crippen LogP contribution in [0.25, 0.3) is 0 Å². The van der Waals surface area contributed by atoms with Gasteiger partial charge in [0.2, 0.25) is 0 Å². The lowest BCUT2D eigenvalue weighted by Crippen LogP contribution is -2.49. The first-order valence-electron chi connectivity index (χ1n) is 7.22. The highest BCUT2D eigenvalue weighted by Crippen LogP contribution is 2.17. The number of aromatic nitrogens is 1. The first-order chi connectivity index (χ1) is 9.61. The SMILES string of the molecule is CC(C)c1cc(CNC(=O)N2CCCCC2CO)no1. The van der Waals surface area contributed by atoms with Crippen molar-refractivity contribution < 1.29 is 14.4 Å². The third kappa shape index (κ3) is 3.50. The van der Waals surface area contributed by atoms with E-state index in [0.717, 1.165) is 30.7 Å². The third-order valence-corrected chi connectivity index (χ3v) is 3.67. The molecule has 1 aromatic rings. The number of piperidine rings is 1. The Labute approximate surface area is 119 Å². The van der Waals surface area contributed by atoms with E-state index in [2.05, 4.69) is 10.5 Å². The second-order valence-electron chi connectivity index (χ2n) is 5.56. The molecule has 0 spiro atoms. The van der Waals surface area contributed by atoms with E-state index in [0.29, 0.717) is 13.1 Å². The van der Waals surface area contributed by atoms with E-state index in [1.807, 2.05) is 19.9 Å². The Morgan fingerprint density at radius 3 is 3.05 bits per heavy atom. The molecular weight excluding hydrogens is 258 g/mol. The maximum Gasteiger partial charge on any atom is 0.318 e. The van der Waals surface area contributed by atoms with Crippen molar-refractivity contribution in [3.8, 4) is 0 Å². The van der Waals surface area contributed by atoms with Gasteiger partial charge in [0.1, 0.15) is 11.5 Å². The van der Waals surface area contributed by atoms with Crippen molar-refractivity contribution >= 4 is 6.03 Å². The lowest BCUT2D eigenvalue weighted by atomic mass is 10.0. The summed E-state index contributed by atoms with van der Waals surface area (Å²) in [5.41, 5.74) is 0.722. The topological polar surface area (TPSA) is 78.6 Å². The summed E-state index contributed by atoms with van der Waals surface area (Å²) >= 11 is 0. The molecule has 2 rings (SSSR count). The van der Waals surface area contributed by atoms with Gasteiger partial charge >= 0.3 is 6.03 Å². The van der Waals surface area contributed by atoms with Gasteiger partial charge in [0, 0.05) is 18.5 Å². The number of aliphatic hydroxyl groups is 1. The van der Waals surface area contributed by atoms with E-state index in [-0.39, 0.29) is 24.6 Å². The van der Waals surface area contributed by atoms with Crippen LogP contribution in [0.2, 0.25) is 0 Å². The van der Waals surface area contributed by atoms with Gasteiger partial charge in [0.15, 0.2) is 0 Å². The second-order valence-corrected chi connectivity index (χ2v) is 5.56. The number of likely N-dealkylation sites (tertiary alicyclic amines) is 1. The number of hydrogen-bond donors (Lipinski definition) is 2. The summed E-state index contributed by atoms with van der Waals surface area (Å²) in [6.07, 6.45) is 2.92. The quantitative estimate of drug-likeness (QED) is 0.883. The predicted molar refractivity (Wildman–Crippen MR) is 74.3 cm³/mol. The number of rotatable bonds is 4. The van der Waals surface area contributed by atoms with Crippen LogP contribution in [0.1, 0.15) is 50.5 Å². The normalized spacial score (nSPS) is 19.4. The first-order valence-corrected chi connectivity index (χ1v) is 7.22. The smallest absolute Gasteiger partial charge is 0.318 e. The van der Waals surface area contributed by atoms with Crippen LogP contribution < -0.4 is 5.32 Å². The van der Waals surface area contributed by atoms with Crippen molar-refractivity contribution in [2.24, 2.45) is 0 Å². The Morgan fingerprint density at radius 2 is 2.40 bits per heavy atom. The van der Waals surface area contributed by atoms with Gasteiger partial charge in [-0.1, -0.05) is 19.0 Å². The van der Waals surface area contributed by atoms with Crippen LogP contribution in [0.4, 0.5) is 4.79 Å². The molecule has 1 atom stereocenters. The molecule has 1 fully saturated rings. The van der Waals surface area contributed by atoms with Crippen LogP contribution >= 0.6 is 0 Å². The summed E-state index contributed by atoms with van der Waals surface area (Å²) in [7, 11) is 0. The zero-order chi connectivity index (χ0) is 14.5. The fraction of sp³-hybridized carbons (Fsp3) is 0.714. The molecule has 20 heavy (non-hydrogen) atoms. The molecule has 6 nitrogen and oxygen atoms in total. The van der Waals surface area contributed by atoms with Gasteiger partial charge in [-0.15, -0.1) is 0 Å². The van der Waals surface area contributed by atoms with Gasteiger partial charge in [0.05, 0.1) is 19.2 Å². The number of nitrogens with one attached hydrogen (secondary N) is 1. The molecule has 2 N–H and O–H groups in total. The van der Waals surface area contributed by atoms with Crippen LogP contribution in [-0.2, 0) is 6.54 Å². The molecule has 2 amide bonds. The van der Waals surface area contributed by atoms with Crippen molar-refractivity contribution in [3.05, 3.63) is 17.5 Å². The lowest BCUT2D eigenvalue weighted by molar-refractivity contribution is 0.108. The molecule has 0 bridgehead atoms. The summed E-state index contributed by atoms with van der Waals surface area (Å²) in [4.78, 5) is 13.8. The summed E-state index contributed by atoms with van der Waals surface area (Å²) in [6.45, 7) is 5.14. The highest BCUT2D eigenvalue weighted by molar-refractivity contribution is 5.74. The number of amides is 2. The van der Waals surface area contributed by atoms with Gasteiger partial charge in [-0.3, -0.25) is 0 Å². The van der Waals surface area contributed by atoms with Crippen LogP contribution in [0.15, 0.2) is 10.6 Å². The molecule has 1 unspecified atom stereocenters. The molecule has 1 saturated heterocycles. The summed E-state index contributed by atoms with van der Waals surface area (Å²) in [5, 5.41) is 16.1. The van der Waals surface area contributed by atoms with E-state index >= 15 is 0 Å². The maximum atomic E-state index is 12.1. The molecule has 112 valence electrons. The first kappa shape index (κ1) is 14.8. The standard InChI is InChI=1S/C14H23N3O3/c1-10(2)13-7-11(16-20-13)8-15-14(19)17-6-4-3-5-12(17)9-18/h7,10,12,18H,3-6,8-9H2,1-2H3,(H,15,19). The second kappa shape index (κ2) is 6.74. The number of aliphatic hydroxyl groups excluding tert-OH is 1. The van der Waals surface area contributed by atoms with Gasteiger partial charge < -0.3 is 19.8 Å². The minimum absolute atomic E-state index is 0.0227. The monoisotopic (exact) mass is 281 g/mol. The Morgan fingerprint density at radius 1 is 1.60 bits per heavy atom. The summed E-state index contributed by atoms with van der Waals surface area (Å²) in [6, 6.07) is 1.66. The highest BCUT2D eigenvalue weighted by Gasteiger charge is 2.25. The molecule has 2 heterocycles. The number of urea groups is 1. The van der Waals surface area contributed by atoms with Crippen molar-refractivity contribution in [1.29, 1.82) is 0 Å². The molecule has 0 radical (unpaired) electrons. The van der Waals surface area contributed by atoms with Crippen molar-refractivity contribution in [1.82, 2.24) is 15.4 Å². The van der Waals surface area contributed by atoms with E-state index < -0.39 is 0 Å². The number of carbonyl (C=O) groups excluding carboxylic acids is 1. The van der Waals surface area contributed by atoms with Crippen LogP contribution in [0.3, 0.4) is 0 Å². The molecule has 6 heteroatoms. The van der Waals surface area contributed by atoms with Crippen molar-refractivity contribution in [2.45, 2.75) is 51.6 Å². The average Bonchev–Trinajstić information content (AvgIpc) is 2.94. The van der Waals surface area contributed by atoms with Crippen LogP contribution in [0, 0.1) is 0 Å². The largest absolute Gasteiger partial charge is 0.394 e. The number of nitrogens with zero attached hydrogens (tertiary/aromatic N) is 2. The number of hydrogen-bond acceptors (Lipinski definition) is 4. The average molecular weight is 281 g/mol. The van der Waals surface area contributed by atoms with E-state index in [1.54, 1.807) is 4.90 Å². The van der Waals surface area contributed by atoms with Crippen LogP contribution in [-0.4, -0.2) is 40.4 Å². The lowest BCUT2D eigenvalue weighted by Gasteiger charge is -2.34. The number of carbonyl (C=O) groups is 1. The molecule has 1 aromatic heterocycles. The third-order valence-electron chi connectivity index (χ3n) is 3.67. The highest BCUT2D eigenvalue weighted by atomic mass is 16.5. The Bertz CT molecular complexity index is 445. The minimum Gasteiger partial charge on any atom is -0.394 e. The summed E-state index contributed by atoms with van der Waals surface area (Å²) in [5.74, 6) is 1.10. The van der Waals surface area contributed by atoms with Gasteiger partial charge in [-0.05, 0) is 19.3 Å². The fourth-order valence-corrected chi connectivity index (χ4v) is 2.41. The Kier molecular flexibility index (Phi) is 5.00. The van der Waals surface area contributed by atoms with Crippen molar-refractivity contribution in [3.63, 3.8) is 0 Å². The van der Waals surface area contributed by atoms with Gasteiger partial charge in [-0.2, -0.15) is 0 Å². The molecule has 1 aliphatic heterocycles. The van der Waals surface area contributed by atoms with E-state index in [9.17, 15) is 9.90 Å². The Hall–Kier alpha value is -1.56. The fourth-order valence-electron chi connectivity index (χ4n) is 2.41. The molecule has 1 aliphatic rings. The van der Waals surface area contributed by atoms with Crippen molar-refractivity contribution in [2.75, 3.05) is 13.2 Å². The molecule has 0 saturated carbocycles. The Balaban J connectivity index is 1.87. The molecule has 0 aromatic carbocycles. The maximum absolute atomic E-state index is 12.1. The molecular formula is C14H23N3O3. The zero-order valence-corrected chi connectivity index (χ0v) is 12.1. The van der Waals surface area contributed by atoms with Crippen LogP contribution in [0.5, 0.6) is 0 Å². The predicted octanol–water partition coefficient (Wildman–Crippen LogP) is 1.85. The van der Waals surface area contributed by atoms with E-state index in [4.69, 9.17) is 4.52 Å².